The third-order valence-corrected chi connectivity index (χ3v) is 4.66. The normalized spacial score (nSPS) is 15.3. The average molecular weight is 424 g/mol. The molecule has 1 aromatic heterocycles. The lowest BCUT2D eigenvalue weighted by atomic mass is 10.1. The molecular weight excluding hydrogens is 406 g/mol. The molecule has 0 unspecified atom stereocenters. The van der Waals surface area contributed by atoms with E-state index in [1.54, 1.807) is 11.6 Å². The van der Waals surface area contributed by atoms with Crippen molar-refractivity contribution in [2.75, 3.05) is 18.4 Å². The largest absolute Gasteiger partial charge is 0.417 e. The Bertz CT molecular complexity index is 819. The second-order valence-electron chi connectivity index (χ2n) is 6.10. The van der Waals surface area contributed by atoms with Crippen LogP contribution >= 0.6 is 24.0 Å². The lowest BCUT2D eigenvalue weighted by Crippen LogP contribution is -2.30. The number of hydrogen-bond donors (Lipinski definition) is 2. The Hall–Kier alpha value is -1.84. The Morgan fingerprint density at radius 3 is 2.63 bits per heavy atom. The van der Waals surface area contributed by atoms with Gasteiger partial charge in [-0.1, -0.05) is 16.8 Å². The molecule has 1 aliphatic rings. The molecule has 1 amide bonds. The molecule has 3 rings (SSSR count). The Labute approximate surface area is 164 Å². The van der Waals surface area contributed by atoms with E-state index in [9.17, 15) is 18.0 Å². The Morgan fingerprint density at radius 2 is 2.00 bits per heavy atom. The molecule has 148 valence electrons. The van der Waals surface area contributed by atoms with E-state index < -0.39 is 22.7 Å². The minimum Gasteiger partial charge on any atom is -0.321 e. The van der Waals surface area contributed by atoms with Crippen molar-refractivity contribution in [3.63, 3.8) is 0 Å². The van der Waals surface area contributed by atoms with Crippen LogP contribution in [-0.2, 0) is 6.18 Å². The van der Waals surface area contributed by atoms with Gasteiger partial charge in [0.15, 0.2) is 5.69 Å². The summed E-state index contributed by atoms with van der Waals surface area (Å²) in [5, 5.41) is 13.2. The number of anilines is 1. The quantitative estimate of drug-likeness (QED) is 0.785. The number of aromatic nitrogens is 3. The van der Waals surface area contributed by atoms with E-state index in [1.165, 1.54) is 6.07 Å². The van der Waals surface area contributed by atoms with Crippen LogP contribution in [0.2, 0.25) is 5.02 Å². The molecule has 1 aromatic carbocycles. The third-order valence-electron chi connectivity index (χ3n) is 4.33. The Morgan fingerprint density at radius 1 is 1.33 bits per heavy atom. The molecular formula is C16H18Cl2F3N5O. The number of carbonyl (C=O) groups excluding carboxylic acids is 1. The lowest BCUT2D eigenvalue weighted by molar-refractivity contribution is -0.137. The fourth-order valence-corrected chi connectivity index (χ4v) is 3.18. The van der Waals surface area contributed by atoms with E-state index in [2.05, 4.69) is 20.9 Å². The smallest absolute Gasteiger partial charge is 0.321 e. The number of nitrogens with one attached hydrogen (secondary N) is 2. The third kappa shape index (κ3) is 4.72. The van der Waals surface area contributed by atoms with Gasteiger partial charge in [0.1, 0.15) is 0 Å². The summed E-state index contributed by atoms with van der Waals surface area (Å²) in [7, 11) is 0. The highest BCUT2D eigenvalue weighted by atomic mass is 35.5. The average Bonchev–Trinajstić information content (AvgIpc) is 2.98. The number of piperidine rings is 1. The fraction of sp³-hybridized carbons (Fsp3) is 0.438. The number of alkyl halides is 3. The molecule has 1 aliphatic heterocycles. The highest BCUT2D eigenvalue weighted by Crippen LogP contribution is 2.36. The van der Waals surface area contributed by atoms with Gasteiger partial charge in [-0.05, 0) is 51.1 Å². The number of hydrogen-bond acceptors (Lipinski definition) is 4. The van der Waals surface area contributed by atoms with Crippen LogP contribution in [0.5, 0.6) is 0 Å². The van der Waals surface area contributed by atoms with Crippen LogP contribution in [0.3, 0.4) is 0 Å². The van der Waals surface area contributed by atoms with Crippen LogP contribution in [0.25, 0.3) is 0 Å². The van der Waals surface area contributed by atoms with Crippen LogP contribution in [0, 0.1) is 6.92 Å². The van der Waals surface area contributed by atoms with E-state index >= 15 is 0 Å². The van der Waals surface area contributed by atoms with Crippen molar-refractivity contribution in [1.29, 1.82) is 0 Å². The van der Waals surface area contributed by atoms with Gasteiger partial charge >= 0.3 is 6.18 Å². The minimum atomic E-state index is -4.61. The predicted molar refractivity (Wildman–Crippen MR) is 97.6 cm³/mol. The molecule has 0 bridgehead atoms. The first-order chi connectivity index (χ1) is 12.3. The van der Waals surface area contributed by atoms with Gasteiger partial charge in [-0.15, -0.1) is 17.5 Å². The molecule has 0 spiro atoms. The first kappa shape index (κ1) is 21.5. The summed E-state index contributed by atoms with van der Waals surface area (Å²) in [5.41, 5.74) is -0.346. The first-order valence-corrected chi connectivity index (χ1v) is 8.46. The van der Waals surface area contributed by atoms with Crippen LogP contribution in [-0.4, -0.2) is 34.0 Å². The van der Waals surface area contributed by atoms with Crippen molar-refractivity contribution in [2.45, 2.75) is 32.0 Å². The summed E-state index contributed by atoms with van der Waals surface area (Å²) < 4.78 is 40.5. The number of carbonyl (C=O) groups is 1. The summed E-state index contributed by atoms with van der Waals surface area (Å²) >= 11 is 5.59. The van der Waals surface area contributed by atoms with Crippen molar-refractivity contribution < 1.29 is 18.0 Å². The molecule has 27 heavy (non-hydrogen) atoms. The fourth-order valence-electron chi connectivity index (χ4n) is 2.96. The molecule has 1 fully saturated rings. The number of rotatable bonds is 3. The van der Waals surface area contributed by atoms with Gasteiger partial charge in [0, 0.05) is 5.69 Å². The molecule has 0 atom stereocenters. The van der Waals surface area contributed by atoms with Crippen LogP contribution in [0.4, 0.5) is 18.9 Å². The monoisotopic (exact) mass is 423 g/mol. The molecule has 2 N–H and O–H groups in total. The molecule has 2 aromatic rings. The minimum absolute atomic E-state index is 0. The Kier molecular flexibility index (Phi) is 6.72. The number of benzene rings is 1. The highest BCUT2D eigenvalue weighted by molar-refractivity contribution is 6.31. The second-order valence-corrected chi connectivity index (χ2v) is 6.50. The van der Waals surface area contributed by atoms with Gasteiger partial charge < -0.3 is 10.6 Å². The number of amides is 1. The number of nitrogens with zero attached hydrogens (tertiary/aromatic N) is 3. The van der Waals surface area contributed by atoms with Gasteiger partial charge in [0.05, 0.1) is 22.3 Å². The highest BCUT2D eigenvalue weighted by Gasteiger charge is 2.33. The van der Waals surface area contributed by atoms with E-state index in [4.69, 9.17) is 11.6 Å². The predicted octanol–water partition coefficient (Wildman–Crippen LogP) is 3.86. The van der Waals surface area contributed by atoms with Crippen molar-refractivity contribution in [3.8, 4) is 0 Å². The summed E-state index contributed by atoms with van der Waals surface area (Å²) in [6.07, 6.45) is -2.86. The van der Waals surface area contributed by atoms with Gasteiger partial charge in [0.25, 0.3) is 5.91 Å². The maximum absolute atomic E-state index is 12.9. The van der Waals surface area contributed by atoms with E-state index in [0.717, 1.165) is 38.1 Å². The summed E-state index contributed by atoms with van der Waals surface area (Å²) in [4.78, 5) is 12.4. The van der Waals surface area contributed by atoms with Crippen molar-refractivity contribution in [2.24, 2.45) is 0 Å². The summed E-state index contributed by atoms with van der Waals surface area (Å²) in [6, 6.07) is 3.35. The molecule has 0 aliphatic carbocycles. The van der Waals surface area contributed by atoms with E-state index in [1.807, 2.05) is 0 Å². The topological polar surface area (TPSA) is 71.8 Å². The zero-order valence-corrected chi connectivity index (χ0v) is 15.9. The number of halogens is 5. The van der Waals surface area contributed by atoms with Crippen LogP contribution < -0.4 is 10.6 Å². The maximum atomic E-state index is 12.9. The summed E-state index contributed by atoms with van der Waals surface area (Å²) in [6.45, 7) is 3.44. The molecule has 2 heterocycles. The van der Waals surface area contributed by atoms with Gasteiger partial charge in [-0.25, -0.2) is 4.68 Å². The standard InChI is InChI=1S/C16H17ClF3N5O.ClH/c1-9-14(23-24-25(9)11-4-6-21-7-5-11)15(26)22-10-2-3-13(17)12(8-10)16(18,19)20;/h2-3,8,11,21H,4-7H2,1H3,(H,22,26);1H. The molecule has 11 heteroatoms. The summed E-state index contributed by atoms with van der Waals surface area (Å²) in [5.74, 6) is -0.613. The maximum Gasteiger partial charge on any atom is 0.417 e. The molecule has 0 saturated carbocycles. The zero-order valence-electron chi connectivity index (χ0n) is 14.3. The Balaban J connectivity index is 0.00000261. The first-order valence-electron chi connectivity index (χ1n) is 8.08. The molecule has 6 nitrogen and oxygen atoms in total. The van der Waals surface area contributed by atoms with Crippen LogP contribution in [0.1, 0.15) is 40.6 Å². The van der Waals surface area contributed by atoms with E-state index in [-0.39, 0.29) is 29.8 Å². The van der Waals surface area contributed by atoms with E-state index in [0.29, 0.717) is 5.69 Å². The van der Waals surface area contributed by atoms with Gasteiger partial charge in [0.2, 0.25) is 0 Å². The van der Waals surface area contributed by atoms with Crippen molar-refractivity contribution in [1.82, 2.24) is 20.3 Å². The molecule has 1 saturated heterocycles. The van der Waals surface area contributed by atoms with Crippen LogP contribution in [0.15, 0.2) is 18.2 Å². The van der Waals surface area contributed by atoms with Crippen molar-refractivity contribution >= 4 is 35.6 Å². The molecule has 0 radical (unpaired) electrons. The van der Waals surface area contributed by atoms with Crippen molar-refractivity contribution in [3.05, 3.63) is 40.2 Å². The second kappa shape index (κ2) is 8.45. The SMILES string of the molecule is Cc1c(C(=O)Nc2ccc(Cl)c(C(F)(F)F)c2)nnn1C1CCNCC1.Cl. The van der Waals surface area contributed by atoms with Gasteiger partial charge in [-0.3, -0.25) is 4.79 Å². The lowest BCUT2D eigenvalue weighted by Gasteiger charge is -2.23. The zero-order chi connectivity index (χ0) is 18.9. The van der Waals surface area contributed by atoms with Gasteiger partial charge in [-0.2, -0.15) is 13.2 Å².